The first-order chi connectivity index (χ1) is 9.03. The Labute approximate surface area is 121 Å². The zero-order chi connectivity index (χ0) is 13.9. The molecule has 0 saturated carbocycles. The van der Waals surface area contributed by atoms with E-state index in [1.807, 2.05) is 30.3 Å². The largest absolute Gasteiger partial charge is 0.319 e. The summed E-state index contributed by atoms with van der Waals surface area (Å²) in [6.45, 7) is 0.420. The van der Waals surface area contributed by atoms with Crippen molar-refractivity contribution in [2.75, 3.05) is 24.1 Å². The van der Waals surface area contributed by atoms with E-state index in [4.69, 9.17) is 0 Å². The normalized spacial score (nSPS) is 11.7. The number of anilines is 1. The van der Waals surface area contributed by atoms with Crippen LogP contribution in [0.4, 0.5) is 5.69 Å². The van der Waals surface area contributed by atoms with Gasteiger partial charge in [-0.2, -0.15) is 0 Å². The van der Waals surface area contributed by atoms with E-state index in [1.54, 1.807) is 13.1 Å². The quantitative estimate of drug-likeness (QED) is 0.877. The van der Waals surface area contributed by atoms with E-state index in [-0.39, 0.29) is 5.75 Å². The topological polar surface area (TPSA) is 58.2 Å². The fourth-order valence-electron chi connectivity index (χ4n) is 1.81. The average Bonchev–Trinajstić information content (AvgIpc) is 2.40. The van der Waals surface area contributed by atoms with Crippen molar-refractivity contribution in [2.45, 2.75) is 0 Å². The van der Waals surface area contributed by atoms with Crippen LogP contribution in [0, 0.1) is 0 Å². The SMILES string of the molecule is CNCCS(=O)(=O)Nc1ccc(Br)c2ccccc12. The van der Waals surface area contributed by atoms with Gasteiger partial charge in [0.1, 0.15) is 0 Å². The lowest BCUT2D eigenvalue weighted by atomic mass is 10.1. The minimum absolute atomic E-state index is 0.0495. The highest BCUT2D eigenvalue weighted by molar-refractivity contribution is 9.10. The smallest absolute Gasteiger partial charge is 0.233 e. The molecule has 0 aliphatic heterocycles. The molecule has 0 spiro atoms. The molecule has 0 aromatic heterocycles. The molecule has 0 fully saturated rings. The molecule has 0 heterocycles. The zero-order valence-electron chi connectivity index (χ0n) is 10.5. The summed E-state index contributed by atoms with van der Waals surface area (Å²) in [7, 11) is -1.60. The fourth-order valence-corrected chi connectivity index (χ4v) is 3.37. The maximum Gasteiger partial charge on any atom is 0.233 e. The summed E-state index contributed by atoms with van der Waals surface area (Å²) in [5.74, 6) is 0.0495. The summed E-state index contributed by atoms with van der Waals surface area (Å²) in [6.07, 6.45) is 0. The van der Waals surface area contributed by atoms with Gasteiger partial charge in [0.05, 0.1) is 11.4 Å². The van der Waals surface area contributed by atoms with Crippen molar-refractivity contribution in [2.24, 2.45) is 0 Å². The Kier molecular flexibility index (Phi) is 4.44. The number of benzene rings is 2. The highest BCUT2D eigenvalue weighted by Gasteiger charge is 2.12. The van der Waals surface area contributed by atoms with Crippen LogP contribution < -0.4 is 10.0 Å². The highest BCUT2D eigenvalue weighted by atomic mass is 79.9. The Hall–Kier alpha value is -1.11. The van der Waals surface area contributed by atoms with Crippen LogP contribution in [0.3, 0.4) is 0 Å². The van der Waals surface area contributed by atoms with Gasteiger partial charge in [-0.1, -0.05) is 40.2 Å². The van der Waals surface area contributed by atoms with Crippen molar-refractivity contribution in [1.29, 1.82) is 0 Å². The first kappa shape index (κ1) is 14.3. The minimum Gasteiger partial charge on any atom is -0.319 e. The maximum absolute atomic E-state index is 11.9. The summed E-state index contributed by atoms with van der Waals surface area (Å²) >= 11 is 3.47. The molecule has 2 rings (SSSR count). The molecule has 2 aromatic carbocycles. The van der Waals surface area contributed by atoms with Crippen molar-refractivity contribution in [3.05, 3.63) is 40.9 Å². The minimum atomic E-state index is -3.33. The zero-order valence-corrected chi connectivity index (χ0v) is 12.9. The van der Waals surface area contributed by atoms with Crippen LogP contribution >= 0.6 is 15.9 Å². The summed E-state index contributed by atoms with van der Waals surface area (Å²) in [5.41, 5.74) is 0.606. The van der Waals surface area contributed by atoms with E-state index in [2.05, 4.69) is 26.0 Å². The van der Waals surface area contributed by atoms with E-state index < -0.39 is 10.0 Å². The highest BCUT2D eigenvalue weighted by Crippen LogP contribution is 2.30. The van der Waals surface area contributed by atoms with Crippen LogP contribution in [0.2, 0.25) is 0 Å². The van der Waals surface area contributed by atoms with Crippen molar-refractivity contribution in [1.82, 2.24) is 5.32 Å². The van der Waals surface area contributed by atoms with Crippen LogP contribution in [-0.2, 0) is 10.0 Å². The van der Waals surface area contributed by atoms with Crippen molar-refractivity contribution >= 4 is 42.4 Å². The predicted octanol–water partition coefficient (Wildman–Crippen LogP) is 2.56. The Bertz CT molecular complexity index is 686. The Morgan fingerprint density at radius 1 is 1.11 bits per heavy atom. The summed E-state index contributed by atoms with van der Waals surface area (Å²) in [4.78, 5) is 0. The van der Waals surface area contributed by atoms with Gasteiger partial charge < -0.3 is 5.32 Å². The molecule has 0 saturated heterocycles. The lowest BCUT2D eigenvalue weighted by Crippen LogP contribution is -2.24. The summed E-state index contributed by atoms with van der Waals surface area (Å²) < 4.78 is 27.4. The second-order valence-corrected chi connectivity index (χ2v) is 6.86. The molecule has 2 N–H and O–H groups in total. The second-order valence-electron chi connectivity index (χ2n) is 4.17. The van der Waals surface area contributed by atoms with E-state index in [0.717, 1.165) is 15.2 Å². The first-order valence-corrected chi connectivity index (χ1v) is 8.30. The second kappa shape index (κ2) is 5.90. The lowest BCUT2D eigenvalue weighted by molar-refractivity contribution is 0.599. The number of hydrogen-bond acceptors (Lipinski definition) is 3. The van der Waals surface area contributed by atoms with Gasteiger partial charge in [0.2, 0.25) is 10.0 Å². The molecule has 0 amide bonds. The van der Waals surface area contributed by atoms with E-state index >= 15 is 0 Å². The van der Waals surface area contributed by atoms with Crippen LogP contribution in [0.15, 0.2) is 40.9 Å². The molecule has 19 heavy (non-hydrogen) atoms. The van der Waals surface area contributed by atoms with Gasteiger partial charge in [-0.05, 0) is 24.6 Å². The molecule has 0 radical (unpaired) electrons. The molecule has 0 atom stereocenters. The third-order valence-corrected chi connectivity index (χ3v) is 4.72. The van der Waals surface area contributed by atoms with Gasteiger partial charge in [0.15, 0.2) is 0 Å². The Morgan fingerprint density at radius 2 is 1.79 bits per heavy atom. The number of rotatable bonds is 5. The predicted molar refractivity (Wildman–Crippen MR) is 83.0 cm³/mol. The average molecular weight is 343 g/mol. The number of fused-ring (bicyclic) bond motifs is 1. The van der Waals surface area contributed by atoms with Gasteiger partial charge in [-0.15, -0.1) is 0 Å². The van der Waals surface area contributed by atoms with Gasteiger partial charge in [-0.3, -0.25) is 4.72 Å². The van der Waals surface area contributed by atoms with Crippen LogP contribution in [0.25, 0.3) is 10.8 Å². The number of nitrogens with one attached hydrogen (secondary N) is 2. The van der Waals surface area contributed by atoms with E-state index in [0.29, 0.717) is 12.2 Å². The number of sulfonamides is 1. The van der Waals surface area contributed by atoms with Gasteiger partial charge in [0, 0.05) is 16.4 Å². The van der Waals surface area contributed by atoms with E-state index in [9.17, 15) is 8.42 Å². The standard InChI is InChI=1S/C13H15BrN2O2S/c1-15-8-9-19(17,18)16-13-7-6-12(14)10-4-2-3-5-11(10)13/h2-7,15-16H,8-9H2,1H3. The third kappa shape index (κ3) is 3.46. The molecule has 4 nitrogen and oxygen atoms in total. The molecule has 0 unspecified atom stereocenters. The summed E-state index contributed by atoms with van der Waals surface area (Å²) in [6, 6.07) is 11.3. The van der Waals surface area contributed by atoms with Crippen molar-refractivity contribution < 1.29 is 8.42 Å². The summed E-state index contributed by atoms with van der Waals surface area (Å²) in [5, 5.41) is 4.69. The molecule has 0 aliphatic rings. The molecule has 102 valence electrons. The van der Waals surface area contributed by atoms with Gasteiger partial charge >= 0.3 is 0 Å². The molecule has 0 aliphatic carbocycles. The van der Waals surface area contributed by atoms with Crippen LogP contribution in [0.5, 0.6) is 0 Å². The first-order valence-electron chi connectivity index (χ1n) is 5.86. The fraction of sp³-hybridized carbons (Fsp3) is 0.231. The van der Waals surface area contributed by atoms with Gasteiger partial charge in [-0.25, -0.2) is 8.42 Å². The number of hydrogen-bond donors (Lipinski definition) is 2. The van der Waals surface area contributed by atoms with Crippen LogP contribution in [0.1, 0.15) is 0 Å². The van der Waals surface area contributed by atoms with Crippen molar-refractivity contribution in [3.8, 4) is 0 Å². The molecule has 0 bridgehead atoms. The molecule has 6 heteroatoms. The van der Waals surface area contributed by atoms with Crippen molar-refractivity contribution in [3.63, 3.8) is 0 Å². The molecular formula is C13H15BrN2O2S. The Morgan fingerprint density at radius 3 is 2.47 bits per heavy atom. The lowest BCUT2D eigenvalue weighted by Gasteiger charge is -2.11. The molecular weight excluding hydrogens is 328 g/mol. The Balaban J connectivity index is 2.39. The van der Waals surface area contributed by atoms with Gasteiger partial charge in [0.25, 0.3) is 0 Å². The van der Waals surface area contributed by atoms with E-state index in [1.165, 1.54) is 0 Å². The molecule has 2 aromatic rings. The third-order valence-electron chi connectivity index (χ3n) is 2.76. The maximum atomic E-state index is 11.9. The van der Waals surface area contributed by atoms with Crippen LogP contribution in [-0.4, -0.2) is 27.8 Å². The number of halogens is 1. The monoisotopic (exact) mass is 342 g/mol.